The Balaban J connectivity index is 1.47. The van der Waals surface area contributed by atoms with Crippen LogP contribution in [0.25, 0.3) is 0 Å². The fraction of sp³-hybridized carbons (Fsp3) is 0.125. The molecule has 3 heterocycles. The highest BCUT2D eigenvalue weighted by atomic mass is 16.5. The zero-order valence-electron chi connectivity index (χ0n) is 17.8. The minimum absolute atomic E-state index is 0.291. The molecule has 164 valence electrons. The van der Waals surface area contributed by atoms with E-state index < -0.39 is 6.04 Å². The molecule has 33 heavy (non-hydrogen) atoms. The molecule has 1 aliphatic rings. The SMILES string of the molecule is CC1=C(C(=O)Nc2ccccn2)C(c2cccc(OCc3ccccc3)c2)n2nnnc2N1. The van der Waals surface area contributed by atoms with Gasteiger partial charge >= 0.3 is 0 Å². The zero-order valence-corrected chi connectivity index (χ0v) is 17.8. The highest BCUT2D eigenvalue weighted by molar-refractivity contribution is 6.05. The van der Waals surface area contributed by atoms with Crippen molar-refractivity contribution in [2.24, 2.45) is 0 Å². The Kier molecular flexibility index (Phi) is 5.50. The maximum absolute atomic E-state index is 13.3. The van der Waals surface area contributed by atoms with Crippen molar-refractivity contribution in [2.75, 3.05) is 10.6 Å². The van der Waals surface area contributed by atoms with Crippen LogP contribution in [0.2, 0.25) is 0 Å². The van der Waals surface area contributed by atoms with Crippen LogP contribution < -0.4 is 15.4 Å². The summed E-state index contributed by atoms with van der Waals surface area (Å²) in [5.74, 6) is 1.32. The molecule has 5 rings (SSSR count). The van der Waals surface area contributed by atoms with E-state index in [2.05, 4.69) is 31.1 Å². The van der Waals surface area contributed by atoms with Gasteiger partial charge in [0.2, 0.25) is 5.95 Å². The van der Waals surface area contributed by atoms with Crippen molar-refractivity contribution in [3.63, 3.8) is 0 Å². The third kappa shape index (κ3) is 4.29. The van der Waals surface area contributed by atoms with Crippen LogP contribution in [0.15, 0.2) is 90.3 Å². The number of fused-ring (bicyclic) bond motifs is 1. The number of hydrogen-bond donors (Lipinski definition) is 2. The maximum Gasteiger partial charge on any atom is 0.257 e. The molecule has 0 aliphatic carbocycles. The molecule has 1 unspecified atom stereocenters. The number of tetrazole rings is 1. The van der Waals surface area contributed by atoms with E-state index in [9.17, 15) is 4.79 Å². The zero-order chi connectivity index (χ0) is 22.6. The second kappa shape index (κ2) is 8.91. The molecule has 9 heteroatoms. The molecule has 1 aliphatic heterocycles. The summed E-state index contributed by atoms with van der Waals surface area (Å²) in [5, 5.41) is 17.9. The van der Waals surface area contributed by atoms with Gasteiger partial charge in [-0.15, -0.1) is 0 Å². The number of pyridine rings is 1. The summed E-state index contributed by atoms with van der Waals surface area (Å²) in [6, 6.07) is 22.4. The van der Waals surface area contributed by atoms with Crippen molar-refractivity contribution in [2.45, 2.75) is 19.6 Å². The van der Waals surface area contributed by atoms with Crippen molar-refractivity contribution in [1.29, 1.82) is 0 Å². The van der Waals surface area contributed by atoms with Crippen molar-refractivity contribution in [1.82, 2.24) is 25.2 Å². The van der Waals surface area contributed by atoms with Gasteiger partial charge in [0.25, 0.3) is 5.91 Å². The van der Waals surface area contributed by atoms with Crippen molar-refractivity contribution >= 4 is 17.7 Å². The summed E-state index contributed by atoms with van der Waals surface area (Å²) < 4.78 is 7.60. The van der Waals surface area contributed by atoms with E-state index in [1.807, 2.05) is 67.6 Å². The van der Waals surface area contributed by atoms with Crippen LogP contribution in [0, 0.1) is 0 Å². The molecule has 1 atom stereocenters. The summed E-state index contributed by atoms with van der Waals surface area (Å²) in [5.41, 5.74) is 3.03. The van der Waals surface area contributed by atoms with Crippen LogP contribution in [0.4, 0.5) is 11.8 Å². The lowest BCUT2D eigenvalue weighted by atomic mass is 9.95. The molecule has 4 aromatic rings. The topological polar surface area (TPSA) is 107 Å². The van der Waals surface area contributed by atoms with Crippen molar-refractivity contribution < 1.29 is 9.53 Å². The Morgan fingerprint density at radius 1 is 1.09 bits per heavy atom. The molecule has 0 bridgehead atoms. The highest BCUT2D eigenvalue weighted by Crippen LogP contribution is 2.36. The fourth-order valence-corrected chi connectivity index (χ4v) is 3.75. The predicted molar refractivity (Wildman–Crippen MR) is 122 cm³/mol. The summed E-state index contributed by atoms with van der Waals surface area (Å²) in [7, 11) is 0. The average Bonchev–Trinajstić information content (AvgIpc) is 3.31. The lowest BCUT2D eigenvalue weighted by molar-refractivity contribution is -0.113. The number of carbonyl (C=O) groups excluding carboxylic acids is 1. The normalized spacial score (nSPS) is 14.9. The van der Waals surface area contributed by atoms with Crippen LogP contribution in [-0.4, -0.2) is 31.1 Å². The molecule has 2 aromatic heterocycles. The molecule has 1 amide bonds. The van der Waals surface area contributed by atoms with Crippen LogP contribution in [0.1, 0.15) is 24.1 Å². The maximum atomic E-state index is 13.3. The summed E-state index contributed by atoms with van der Waals surface area (Å²) in [6.07, 6.45) is 1.63. The van der Waals surface area contributed by atoms with E-state index in [1.165, 1.54) is 0 Å². The van der Waals surface area contributed by atoms with Gasteiger partial charge in [-0.2, -0.15) is 4.68 Å². The lowest BCUT2D eigenvalue weighted by Crippen LogP contribution is -2.31. The molecule has 0 fully saturated rings. The number of aromatic nitrogens is 5. The van der Waals surface area contributed by atoms with Crippen molar-refractivity contribution in [3.8, 4) is 5.75 Å². The van der Waals surface area contributed by atoms with Gasteiger partial charge in [-0.3, -0.25) is 4.79 Å². The number of allylic oxidation sites excluding steroid dienone is 1. The Bertz CT molecular complexity index is 1300. The number of anilines is 2. The molecule has 0 radical (unpaired) electrons. The first-order valence-corrected chi connectivity index (χ1v) is 10.4. The minimum Gasteiger partial charge on any atom is -0.489 e. The first-order valence-electron chi connectivity index (χ1n) is 10.4. The Morgan fingerprint density at radius 2 is 1.94 bits per heavy atom. The lowest BCUT2D eigenvalue weighted by Gasteiger charge is -2.28. The molecule has 0 spiro atoms. The monoisotopic (exact) mass is 439 g/mol. The third-order valence-corrected chi connectivity index (χ3v) is 5.29. The van der Waals surface area contributed by atoms with Crippen molar-refractivity contribution in [3.05, 3.63) is 101 Å². The minimum atomic E-state index is -0.541. The molecule has 9 nitrogen and oxygen atoms in total. The molecular formula is C24H21N7O2. The fourth-order valence-electron chi connectivity index (χ4n) is 3.75. The molecule has 2 aromatic carbocycles. The van der Waals surface area contributed by atoms with Gasteiger partial charge in [0, 0.05) is 11.9 Å². The van der Waals surface area contributed by atoms with Crippen LogP contribution in [0.5, 0.6) is 5.75 Å². The molecule has 2 N–H and O–H groups in total. The van der Waals surface area contributed by atoms with Crippen LogP contribution in [0.3, 0.4) is 0 Å². The van der Waals surface area contributed by atoms with Crippen LogP contribution >= 0.6 is 0 Å². The predicted octanol–water partition coefficient (Wildman–Crippen LogP) is 3.57. The van der Waals surface area contributed by atoms with E-state index in [4.69, 9.17) is 4.74 Å². The quantitative estimate of drug-likeness (QED) is 0.473. The summed E-state index contributed by atoms with van der Waals surface area (Å²) in [6.45, 7) is 2.27. The molecular weight excluding hydrogens is 418 g/mol. The number of rotatable bonds is 6. The Morgan fingerprint density at radius 3 is 2.76 bits per heavy atom. The second-order valence-corrected chi connectivity index (χ2v) is 7.53. The Labute approximate surface area is 190 Å². The molecule has 0 saturated heterocycles. The second-order valence-electron chi connectivity index (χ2n) is 7.53. The standard InChI is InChI=1S/C24H21N7O2/c1-16-21(23(32)27-20-12-5-6-13-25-20)22(31-24(26-16)28-29-30-31)18-10-7-11-19(14-18)33-15-17-8-3-2-4-9-17/h2-14,22H,15H2,1H3,(H,25,27,32)(H,26,28,30). The van der Waals surface area contributed by atoms with Gasteiger partial charge in [-0.1, -0.05) is 53.6 Å². The first kappa shape index (κ1) is 20.4. The van der Waals surface area contributed by atoms with Gasteiger partial charge in [0.1, 0.15) is 24.2 Å². The highest BCUT2D eigenvalue weighted by Gasteiger charge is 2.34. The smallest absolute Gasteiger partial charge is 0.257 e. The number of nitrogens with zero attached hydrogens (tertiary/aromatic N) is 5. The summed E-state index contributed by atoms with van der Waals surface area (Å²) in [4.78, 5) is 17.5. The van der Waals surface area contributed by atoms with E-state index in [0.717, 1.165) is 11.1 Å². The number of ether oxygens (including phenoxy) is 1. The number of carbonyl (C=O) groups is 1. The third-order valence-electron chi connectivity index (χ3n) is 5.29. The number of amides is 1. The number of hydrogen-bond acceptors (Lipinski definition) is 7. The van der Waals surface area contributed by atoms with E-state index >= 15 is 0 Å². The van der Waals surface area contributed by atoms with Gasteiger partial charge in [-0.05, 0) is 52.7 Å². The van der Waals surface area contributed by atoms with E-state index in [0.29, 0.717) is 35.4 Å². The van der Waals surface area contributed by atoms with E-state index in [-0.39, 0.29) is 5.91 Å². The van der Waals surface area contributed by atoms with Crippen LogP contribution in [-0.2, 0) is 11.4 Å². The largest absolute Gasteiger partial charge is 0.489 e. The average molecular weight is 439 g/mol. The Hall–Kier alpha value is -4.53. The summed E-state index contributed by atoms with van der Waals surface area (Å²) >= 11 is 0. The number of benzene rings is 2. The van der Waals surface area contributed by atoms with Gasteiger partial charge in [0.15, 0.2) is 0 Å². The first-order chi connectivity index (χ1) is 16.2. The van der Waals surface area contributed by atoms with Gasteiger partial charge < -0.3 is 15.4 Å². The van der Waals surface area contributed by atoms with Gasteiger partial charge in [0.05, 0.1) is 5.57 Å². The van der Waals surface area contributed by atoms with Gasteiger partial charge in [-0.25, -0.2) is 4.98 Å². The van der Waals surface area contributed by atoms with E-state index in [1.54, 1.807) is 23.0 Å². The number of nitrogens with one attached hydrogen (secondary N) is 2. The molecule has 0 saturated carbocycles.